The van der Waals surface area contributed by atoms with E-state index in [1.807, 2.05) is 0 Å². The molecule has 12 nitrogen and oxygen atoms in total. The Kier molecular flexibility index (Phi) is 6.75. The number of nitro benzene ring substituents is 1. The van der Waals surface area contributed by atoms with Crippen LogP contribution < -0.4 is 18.9 Å². The summed E-state index contributed by atoms with van der Waals surface area (Å²) >= 11 is 0. The molecule has 2 aromatic carbocycles. The van der Waals surface area contributed by atoms with Gasteiger partial charge in [0, 0.05) is 38.3 Å². The van der Waals surface area contributed by atoms with Crippen molar-refractivity contribution in [1.82, 2.24) is 9.21 Å². The highest BCUT2D eigenvalue weighted by molar-refractivity contribution is 7.89. The molecule has 0 N–H and O–H groups in total. The van der Waals surface area contributed by atoms with Gasteiger partial charge in [0.25, 0.3) is 11.6 Å². The van der Waals surface area contributed by atoms with Gasteiger partial charge in [-0.3, -0.25) is 14.9 Å². The molecule has 0 aliphatic carbocycles. The van der Waals surface area contributed by atoms with E-state index in [1.165, 1.54) is 46.6 Å². The molecule has 0 spiro atoms. The standard InChI is InChI=1S/C21H23N3O9S/c1-30-17-4-2-15(24(26)27)12-19(17)33-14-21(25)22-6-8-23(9-7-22)34(28,29)16-3-5-18-20(13-16)32-11-10-31-18/h2-5,12-13H,6-11,14H2,1H3. The minimum atomic E-state index is -3.77. The molecule has 2 aliphatic rings. The van der Waals surface area contributed by atoms with Crippen LogP contribution in [0, 0.1) is 10.1 Å². The van der Waals surface area contributed by atoms with Gasteiger partial charge in [0.1, 0.15) is 13.2 Å². The van der Waals surface area contributed by atoms with Gasteiger partial charge in [0.15, 0.2) is 29.6 Å². The quantitative estimate of drug-likeness (QED) is 0.412. The van der Waals surface area contributed by atoms with Crippen LogP contribution in [-0.2, 0) is 14.8 Å². The third-order valence-electron chi connectivity index (χ3n) is 5.45. The van der Waals surface area contributed by atoms with Crippen molar-refractivity contribution in [2.45, 2.75) is 4.90 Å². The highest BCUT2D eigenvalue weighted by Gasteiger charge is 2.31. The lowest BCUT2D eigenvalue weighted by atomic mass is 10.3. The fourth-order valence-electron chi connectivity index (χ4n) is 3.63. The van der Waals surface area contributed by atoms with E-state index in [2.05, 4.69) is 0 Å². The molecule has 0 radical (unpaired) electrons. The van der Waals surface area contributed by atoms with Crippen molar-refractivity contribution in [3.05, 3.63) is 46.5 Å². The van der Waals surface area contributed by atoms with Gasteiger partial charge in [-0.25, -0.2) is 8.42 Å². The molecule has 0 unspecified atom stereocenters. The number of rotatable bonds is 7. The number of sulfonamides is 1. The maximum Gasteiger partial charge on any atom is 0.273 e. The maximum absolute atomic E-state index is 13.1. The number of hydrogen-bond acceptors (Lipinski definition) is 9. The Labute approximate surface area is 195 Å². The van der Waals surface area contributed by atoms with E-state index in [0.29, 0.717) is 24.7 Å². The predicted molar refractivity (Wildman–Crippen MR) is 118 cm³/mol. The van der Waals surface area contributed by atoms with E-state index >= 15 is 0 Å². The average molecular weight is 493 g/mol. The second kappa shape index (κ2) is 9.73. The lowest BCUT2D eigenvalue weighted by molar-refractivity contribution is -0.385. The zero-order valence-electron chi connectivity index (χ0n) is 18.3. The number of ether oxygens (including phenoxy) is 4. The molecule has 34 heavy (non-hydrogen) atoms. The van der Waals surface area contributed by atoms with Gasteiger partial charge in [-0.15, -0.1) is 0 Å². The Balaban J connectivity index is 1.36. The summed E-state index contributed by atoms with van der Waals surface area (Å²) in [5.74, 6) is 0.847. The molecular weight excluding hydrogens is 470 g/mol. The first kappa shape index (κ1) is 23.6. The summed E-state index contributed by atoms with van der Waals surface area (Å²) in [6.07, 6.45) is 0. The van der Waals surface area contributed by atoms with Crippen molar-refractivity contribution in [1.29, 1.82) is 0 Å². The number of piperazine rings is 1. The lowest BCUT2D eigenvalue weighted by Gasteiger charge is -2.34. The fraction of sp³-hybridized carbons (Fsp3) is 0.381. The van der Waals surface area contributed by atoms with E-state index < -0.39 is 14.9 Å². The van der Waals surface area contributed by atoms with Crippen molar-refractivity contribution < 1.29 is 37.1 Å². The second-order valence-electron chi connectivity index (χ2n) is 7.47. The summed E-state index contributed by atoms with van der Waals surface area (Å²) in [6, 6.07) is 8.33. The Hall–Kier alpha value is -3.58. The van der Waals surface area contributed by atoms with Crippen molar-refractivity contribution in [2.75, 3.05) is 53.1 Å². The third kappa shape index (κ3) is 4.84. The molecule has 13 heteroatoms. The number of hydrogen-bond donors (Lipinski definition) is 0. The predicted octanol–water partition coefficient (Wildman–Crippen LogP) is 1.29. The molecule has 0 atom stereocenters. The van der Waals surface area contributed by atoms with Crippen LogP contribution in [-0.4, -0.2) is 81.6 Å². The molecule has 2 aliphatic heterocycles. The zero-order valence-corrected chi connectivity index (χ0v) is 19.2. The highest BCUT2D eigenvalue weighted by Crippen LogP contribution is 2.33. The van der Waals surface area contributed by atoms with Gasteiger partial charge >= 0.3 is 0 Å². The van der Waals surface area contributed by atoms with Crippen LogP contribution in [0.25, 0.3) is 0 Å². The molecule has 0 aromatic heterocycles. The first-order valence-electron chi connectivity index (χ1n) is 10.4. The summed E-state index contributed by atoms with van der Waals surface area (Å²) in [5, 5.41) is 11.0. The summed E-state index contributed by atoms with van der Waals surface area (Å²) in [6.45, 7) is 0.974. The number of fused-ring (bicyclic) bond motifs is 1. The molecule has 182 valence electrons. The van der Waals surface area contributed by atoms with Gasteiger partial charge < -0.3 is 23.8 Å². The van der Waals surface area contributed by atoms with Gasteiger partial charge in [0.2, 0.25) is 10.0 Å². The molecule has 2 heterocycles. The first-order chi connectivity index (χ1) is 16.3. The van der Waals surface area contributed by atoms with Crippen molar-refractivity contribution in [2.24, 2.45) is 0 Å². The van der Waals surface area contributed by atoms with Gasteiger partial charge in [-0.05, 0) is 18.2 Å². The van der Waals surface area contributed by atoms with Crippen molar-refractivity contribution in [3.63, 3.8) is 0 Å². The largest absolute Gasteiger partial charge is 0.493 e. The summed E-state index contributed by atoms with van der Waals surface area (Å²) in [7, 11) is -2.39. The van der Waals surface area contributed by atoms with Crippen molar-refractivity contribution >= 4 is 21.6 Å². The normalized spacial score (nSPS) is 16.1. The van der Waals surface area contributed by atoms with Crippen LogP contribution in [0.1, 0.15) is 0 Å². The van der Waals surface area contributed by atoms with Crippen LogP contribution in [0.4, 0.5) is 5.69 Å². The average Bonchev–Trinajstić information content (AvgIpc) is 2.86. The molecule has 2 aromatic rings. The summed E-state index contributed by atoms with van der Waals surface area (Å²) in [4.78, 5) is 24.6. The lowest BCUT2D eigenvalue weighted by Crippen LogP contribution is -2.51. The van der Waals surface area contributed by atoms with Crippen LogP contribution >= 0.6 is 0 Å². The fourth-order valence-corrected chi connectivity index (χ4v) is 5.07. The number of non-ortho nitro benzene ring substituents is 1. The van der Waals surface area contributed by atoms with Crippen molar-refractivity contribution in [3.8, 4) is 23.0 Å². The van der Waals surface area contributed by atoms with Crippen LogP contribution in [0.3, 0.4) is 0 Å². The van der Waals surface area contributed by atoms with E-state index in [-0.39, 0.29) is 60.8 Å². The molecule has 1 saturated heterocycles. The SMILES string of the molecule is COc1ccc([N+](=O)[O-])cc1OCC(=O)N1CCN(S(=O)(=O)c2ccc3c(c2)OCCO3)CC1. The molecule has 4 rings (SSSR count). The molecular formula is C21H23N3O9S. The number of carbonyl (C=O) groups is 1. The summed E-state index contributed by atoms with van der Waals surface area (Å²) in [5.41, 5.74) is -0.193. The number of nitro groups is 1. The highest BCUT2D eigenvalue weighted by atomic mass is 32.2. The molecule has 1 fully saturated rings. The first-order valence-corrected chi connectivity index (χ1v) is 11.9. The van der Waals surface area contributed by atoms with E-state index in [1.54, 1.807) is 6.07 Å². The Morgan fingerprint density at radius 2 is 1.74 bits per heavy atom. The summed E-state index contributed by atoms with van der Waals surface area (Å²) < 4.78 is 48.9. The number of benzene rings is 2. The third-order valence-corrected chi connectivity index (χ3v) is 7.35. The Bertz CT molecular complexity index is 1190. The maximum atomic E-state index is 13.1. The Morgan fingerprint density at radius 1 is 1.03 bits per heavy atom. The smallest absolute Gasteiger partial charge is 0.273 e. The zero-order chi connectivity index (χ0) is 24.3. The second-order valence-corrected chi connectivity index (χ2v) is 9.41. The van der Waals surface area contributed by atoms with E-state index in [9.17, 15) is 23.3 Å². The van der Waals surface area contributed by atoms with Gasteiger partial charge in [0.05, 0.1) is 23.0 Å². The topological polar surface area (TPSA) is 138 Å². The minimum absolute atomic E-state index is 0.0740. The van der Waals surface area contributed by atoms with Crippen LogP contribution in [0.15, 0.2) is 41.3 Å². The number of methoxy groups -OCH3 is 1. The van der Waals surface area contributed by atoms with Gasteiger partial charge in [-0.2, -0.15) is 4.31 Å². The molecule has 1 amide bonds. The number of nitrogens with zero attached hydrogens (tertiary/aromatic N) is 3. The minimum Gasteiger partial charge on any atom is -0.493 e. The van der Waals surface area contributed by atoms with Crippen LogP contribution in [0.2, 0.25) is 0 Å². The molecule has 0 bridgehead atoms. The molecule has 0 saturated carbocycles. The number of carbonyl (C=O) groups excluding carboxylic acids is 1. The van der Waals surface area contributed by atoms with E-state index in [0.717, 1.165) is 0 Å². The van der Waals surface area contributed by atoms with Crippen LogP contribution in [0.5, 0.6) is 23.0 Å². The number of amides is 1. The Morgan fingerprint density at radius 3 is 2.41 bits per heavy atom. The van der Waals surface area contributed by atoms with Gasteiger partial charge in [-0.1, -0.05) is 0 Å². The monoisotopic (exact) mass is 493 g/mol. The van der Waals surface area contributed by atoms with E-state index in [4.69, 9.17) is 18.9 Å².